The van der Waals surface area contributed by atoms with Crippen molar-refractivity contribution in [2.24, 2.45) is 0 Å². The van der Waals surface area contributed by atoms with Gasteiger partial charge in [0.25, 0.3) is 0 Å². The van der Waals surface area contributed by atoms with Crippen molar-refractivity contribution in [2.45, 2.75) is 51.6 Å². The van der Waals surface area contributed by atoms with E-state index in [0.717, 1.165) is 37.7 Å². The summed E-state index contributed by atoms with van der Waals surface area (Å²) in [7, 11) is 0. The summed E-state index contributed by atoms with van der Waals surface area (Å²) in [6.07, 6.45) is 4.43. The molecule has 1 fully saturated rings. The molecule has 2 amide bonds. The summed E-state index contributed by atoms with van der Waals surface area (Å²) in [6.45, 7) is 5.76. The first kappa shape index (κ1) is 23.3. The van der Waals surface area contributed by atoms with E-state index in [2.05, 4.69) is 10.6 Å². The van der Waals surface area contributed by atoms with Gasteiger partial charge < -0.3 is 24.8 Å². The van der Waals surface area contributed by atoms with Crippen LogP contribution in [0.2, 0.25) is 0 Å². The van der Waals surface area contributed by atoms with Gasteiger partial charge >= 0.3 is 0 Å². The lowest BCUT2D eigenvalue weighted by Gasteiger charge is -2.26. The predicted octanol–water partition coefficient (Wildman–Crippen LogP) is 1.86. The number of hydrogen-bond acceptors (Lipinski definition) is 6. The van der Waals surface area contributed by atoms with E-state index in [1.165, 1.54) is 0 Å². The van der Waals surface area contributed by atoms with Gasteiger partial charge in [-0.3, -0.25) is 14.5 Å². The number of para-hydroxylation sites is 1. The molecule has 8 heteroatoms. The molecule has 172 valence electrons. The molecule has 2 aliphatic rings. The van der Waals surface area contributed by atoms with Crippen LogP contribution in [0.15, 0.2) is 18.2 Å². The molecule has 0 aromatic heterocycles. The van der Waals surface area contributed by atoms with Crippen molar-refractivity contribution in [1.29, 1.82) is 0 Å². The van der Waals surface area contributed by atoms with Crippen LogP contribution < -0.4 is 20.1 Å². The molecular formula is C23H35N3O5. The zero-order valence-corrected chi connectivity index (χ0v) is 18.5. The fourth-order valence-corrected chi connectivity index (χ4v) is 3.91. The summed E-state index contributed by atoms with van der Waals surface area (Å²) in [5.41, 5.74) is 0.914. The Hall–Kier alpha value is -2.32. The standard InChI is InChI=1S/C23H35N3O5/c1-2-30-20-8-6-7-18-15-26(17-22(28)25-19-9-13-29-14-10-19)16-21(27)24-11-4-3-5-12-31-23(18)20/h6-8,19H,2-5,9-17H2,1H3,(H,24,27)(H,25,28). The topological polar surface area (TPSA) is 89.1 Å². The van der Waals surface area contributed by atoms with E-state index in [0.29, 0.717) is 51.0 Å². The summed E-state index contributed by atoms with van der Waals surface area (Å²) in [6, 6.07) is 5.92. The summed E-state index contributed by atoms with van der Waals surface area (Å²) < 4.78 is 17.3. The maximum Gasteiger partial charge on any atom is 0.234 e. The molecule has 0 unspecified atom stereocenters. The minimum Gasteiger partial charge on any atom is -0.490 e. The van der Waals surface area contributed by atoms with Crippen molar-refractivity contribution in [2.75, 3.05) is 46.1 Å². The quantitative estimate of drug-likeness (QED) is 0.737. The Morgan fingerprint density at radius 3 is 2.84 bits per heavy atom. The average Bonchev–Trinajstić information content (AvgIpc) is 2.76. The Bertz CT molecular complexity index is 721. The Kier molecular flexibility index (Phi) is 9.42. The van der Waals surface area contributed by atoms with Gasteiger partial charge in [-0.2, -0.15) is 0 Å². The first-order valence-electron chi connectivity index (χ1n) is 11.4. The van der Waals surface area contributed by atoms with Gasteiger partial charge in [0, 0.05) is 37.9 Å². The molecule has 3 rings (SSSR count). The van der Waals surface area contributed by atoms with Gasteiger partial charge in [0.2, 0.25) is 11.8 Å². The molecule has 0 atom stereocenters. The minimum atomic E-state index is -0.0764. The number of fused-ring (bicyclic) bond motifs is 1. The Morgan fingerprint density at radius 2 is 2.03 bits per heavy atom. The van der Waals surface area contributed by atoms with Gasteiger partial charge in [0.05, 0.1) is 26.3 Å². The zero-order valence-electron chi connectivity index (χ0n) is 18.5. The molecule has 1 aromatic carbocycles. The molecule has 2 N–H and O–H groups in total. The molecule has 0 saturated carbocycles. The Balaban J connectivity index is 1.75. The maximum absolute atomic E-state index is 12.7. The summed E-state index contributed by atoms with van der Waals surface area (Å²) >= 11 is 0. The van der Waals surface area contributed by atoms with Crippen LogP contribution in [0.25, 0.3) is 0 Å². The number of carbonyl (C=O) groups is 2. The van der Waals surface area contributed by atoms with Crippen LogP contribution in [-0.4, -0.2) is 68.8 Å². The highest BCUT2D eigenvalue weighted by molar-refractivity contribution is 5.81. The van der Waals surface area contributed by atoms with Crippen molar-refractivity contribution in [3.63, 3.8) is 0 Å². The van der Waals surface area contributed by atoms with E-state index in [1.807, 2.05) is 30.0 Å². The molecule has 0 spiro atoms. The second-order valence-corrected chi connectivity index (χ2v) is 8.04. The van der Waals surface area contributed by atoms with Crippen LogP contribution in [0.3, 0.4) is 0 Å². The lowest BCUT2D eigenvalue weighted by Crippen LogP contribution is -2.46. The molecule has 2 aliphatic heterocycles. The molecule has 1 saturated heterocycles. The largest absolute Gasteiger partial charge is 0.490 e. The van der Waals surface area contributed by atoms with Crippen molar-refractivity contribution >= 4 is 11.8 Å². The molecule has 0 aliphatic carbocycles. The number of benzene rings is 1. The predicted molar refractivity (Wildman–Crippen MR) is 117 cm³/mol. The Morgan fingerprint density at radius 1 is 1.19 bits per heavy atom. The molecule has 0 radical (unpaired) electrons. The molecule has 1 aromatic rings. The lowest BCUT2D eigenvalue weighted by molar-refractivity contribution is -0.126. The third-order valence-electron chi connectivity index (χ3n) is 5.46. The molecule has 31 heavy (non-hydrogen) atoms. The second kappa shape index (κ2) is 12.5. The van der Waals surface area contributed by atoms with Gasteiger partial charge in [0.1, 0.15) is 0 Å². The SMILES string of the molecule is CCOc1cccc2c1OCCCCCNC(=O)CN(CC(=O)NC1CCOCC1)C2. The van der Waals surface area contributed by atoms with Crippen molar-refractivity contribution < 1.29 is 23.8 Å². The fraction of sp³-hybridized carbons (Fsp3) is 0.652. The summed E-state index contributed by atoms with van der Waals surface area (Å²) in [4.78, 5) is 27.1. The second-order valence-electron chi connectivity index (χ2n) is 8.04. The van der Waals surface area contributed by atoms with E-state index in [9.17, 15) is 9.59 Å². The highest BCUT2D eigenvalue weighted by atomic mass is 16.5. The van der Waals surface area contributed by atoms with Crippen molar-refractivity contribution in [3.05, 3.63) is 23.8 Å². The van der Waals surface area contributed by atoms with Crippen LogP contribution in [0, 0.1) is 0 Å². The molecule has 2 heterocycles. The third kappa shape index (κ3) is 7.70. The fourth-order valence-electron chi connectivity index (χ4n) is 3.91. The van der Waals surface area contributed by atoms with Gasteiger partial charge in [-0.25, -0.2) is 0 Å². The first-order chi connectivity index (χ1) is 15.2. The minimum absolute atomic E-state index is 0.0680. The number of amides is 2. The number of rotatable bonds is 5. The van der Waals surface area contributed by atoms with E-state index in [1.54, 1.807) is 0 Å². The van der Waals surface area contributed by atoms with Crippen LogP contribution >= 0.6 is 0 Å². The van der Waals surface area contributed by atoms with Gasteiger partial charge in [-0.05, 0) is 45.1 Å². The van der Waals surface area contributed by atoms with E-state index >= 15 is 0 Å². The monoisotopic (exact) mass is 433 g/mol. The van der Waals surface area contributed by atoms with E-state index in [-0.39, 0.29) is 30.9 Å². The zero-order chi connectivity index (χ0) is 21.9. The number of nitrogens with zero attached hydrogens (tertiary/aromatic N) is 1. The Labute approximate surface area is 184 Å². The van der Waals surface area contributed by atoms with Gasteiger partial charge in [-0.15, -0.1) is 0 Å². The van der Waals surface area contributed by atoms with Crippen molar-refractivity contribution in [3.8, 4) is 11.5 Å². The van der Waals surface area contributed by atoms with E-state index in [4.69, 9.17) is 14.2 Å². The number of carbonyl (C=O) groups excluding carboxylic acids is 2. The highest BCUT2D eigenvalue weighted by Gasteiger charge is 2.22. The average molecular weight is 434 g/mol. The van der Waals surface area contributed by atoms with Crippen LogP contribution in [0.1, 0.15) is 44.6 Å². The summed E-state index contributed by atoms with van der Waals surface area (Å²) in [5, 5.41) is 6.05. The van der Waals surface area contributed by atoms with Gasteiger partial charge in [-0.1, -0.05) is 12.1 Å². The number of hydrogen-bond donors (Lipinski definition) is 2. The lowest BCUT2D eigenvalue weighted by atomic mass is 10.1. The van der Waals surface area contributed by atoms with Crippen molar-refractivity contribution in [1.82, 2.24) is 15.5 Å². The first-order valence-corrected chi connectivity index (χ1v) is 11.4. The molecule has 0 bridgehead atoms. The number of ether oxygens (including phenoxy) is 3. The van der Waals surface area contributed by atoms with Crippen LogP contribution in [-0.2, 0) is 20.9 Å². The third-order valence-corrected chi connectivity index (χ3v) is 5.46. The molecule has 8 nitrogen and oxygen atoms in total. The highest BCUT2D eigenvalue weighted by Crippen LogP contribution is 2.32. The van der Waals surface area contributed by atoms with Gasteiger partial charge in [0.15, 0.2) is 11.5 Å². The normalized spacial score (nSPS) is 19.6. The van der Waals surface area contributed by atoms with Crippen LogP contribution in [0.4, 0.5) is 0 Å². The van der Waals surface area contributed by atoms with Crippen LogP contribution in [0.5, 0.6) is 11.5 Å². The summed E-state index contributed by atoms with van der Waals surface area (Å²) in [5.74, 6) is 1.26. The number of nitrogens with one attached hydrogen (secondary N) is 2. The molecular weight excluding hydrogens is 398 g/mol. The van der Waals surface area contributed by atoms with E-state index < -0.39 is 0 Å². The smallest absolute Gasteiger partial charge is 0.234 e. The maximum atomic E-state index is 12.7.